The fraction of sp³-hybridized carbons (Fsp3) is 0.333. The second kappa shape index (κ2) is 3.14. The number of nitrogens with two attached hydrogens (primary N) is 1. The summed E-state index contributed by atoms with van der Waals surface area (Å²) in [5, 5.41) is 7.74. The van der Waals surface area contributed by atoms with Crippen molar-refractivity contribution in [2.75, 3.05) is 0 Å². The van der Waals surface area contributed by atoms with E-state index in [4.69, 9.17) is 5.73 Å². The first-order valence-electron chi connectivity index (χ1n) is 4.37. The minimum Gasteiger partial charge on any atom is -0.324 e. The molecule has 1 unspecified atom stereocenters. The third-order valence-corrected chi connectivity index (χ3v) is 2.21. The van der Waals surface area contributed by atoms with E-state index in [1.54, 1.807) is 10.7 Å². The highest BCUT2D eigenvalue weighted by molar-refractivity contribution is 5.53. The SMILES string of the molecule is CCC(N)c1cccn2nncc12. The van der Waals surface area contributed by atoms with Crippen LogP contribution in [-0.2, 0) is 0 Å². The van der Waals surface area contributed by atoms with Crippen molar-refractivity contribution < 1.29 is 0 Å². The van der Waals surface area contributed by atoms with Gasteiger partial charge in [-0.3, -0.25) is 0 Å². The van der Waals surface area contributed by atoms with Crippen LogP contribution in [0.2, 0.25) is 0 Å². The van der Waals surface area contributed by atoms with E-state index < -0.39 is 0 Å². The van der Waals surface area contributed by atoms with Gasteiger partial charge in [0.05, 0.1) is 11.7 Å². The molecule has 0 aromatic carbocycles. The quantitative estimate of drug-likeness (QED) is 0.746. The van der Waals surface area contributed by atoms with Crippen LogP contribution in [-0.4, -0.2) is 14.8 Å². The van der Waals surface area contributed by atoms with Crippen molar-refractivity contribution in [3.63, 3.8) is 0 Å². The maximum Gasteiger partial charge on any atom is 0.0912 e. The second-order valence-corrected chi connectivity index (χ2v) is 3.04. The Kier molecular flexibility index (Phi) is 1.98. The van der Waals surface area contributed by atoms with Gasteiger partial charge in [0.15, 0.2) is 0 Å². The molecule has 0 aliphatic heterocycles. The Morgan fingerprint density at radius 2 is 2.46 bits per heavy atom. The Morgan fingerprint density at radius 3 is 3.23 bits per heavy atom. The van der Waals surface area contributed by atoms with Crippen molar-refractivity contribution in [3.8, 4) is 0 Å². The first-order valence-corrected chi connectivity index (χ1v) is 4.37. The molecule has 2 N–H and O–H groups in total. The lowest BCUT2D eigenvalue weighted by molar-refractivity contribution is 0.698. The molecule has 4 nitrogen and oxygen atoms in total. The van der Waals surface area contributed by atoms with Gasteiger partial charge in [-0.25, -0.2) is 4.52 Å². The molecule has 1 atom stereocenters. The van der Waals surface area contributed by atoms with Crippen LogP contribution in [0, 0.1) is 0 Å². The number of hydrogen-bond donors (Lipinski definition) is 1. The van der Waals surface area contributed by atoms with E-state index in [9.17, 15) is 0 Å². The number of hydrogen-bond acceptors (Lipinski definition) is 3. The molecule has 0 bridgehead atoms. The van der Waals surface area contributed by atoms with Crippen molar-refractivity contribution in [3.05, 3.63) is 30.1 Å². The Bertz CT molecular complexity index is 407. The maximum atomic E-state index is 5.95. The summed E-state index contributed by atoms with van der Waals surface area (Å²) in [6, 6.07) is 4.03. The largest absolute Gasteiger partial charge is 0.324 e. The number of nitrogens with zero attached hydrogens (tertiary/aromatic N) is 3. The van der Waals surface area contributed by atoms with Gasteiger partial charge in [-0.15, -0.1) is 5.10 Å². The zero-order valence-electron chi connectivity index (χ0n) is 7.51. The summed E-state index contributed by atoms with van der Waals surface area (Å²) in [5.41, 5.74) is 8.05. The zero-order chi connectivity index (χ0) is 9.26. The summed E-state index contributed by atoms with van der Waals surface area (Å²) >= 11 is 0. The van der Waals surface area contributed by atoms with E-state index in [2.05, 4.69) is 17.2 Å². The molecule has 0 saturated carbocycles. The standard InChI is InChI=1S/C9H12N4/c1-2-8(10)7-4-3-5-13-9(7)6-11-12-13/h3-6,8H,2,10H2,1H3. The monoisotopic (exact) mass is 176 g/mol. The van der Waals surface area contributed by atoms with Crippen LogP contribution in [0.1, 0.15) is 24.9 Å². The predicted molar refractivity (Wildman–Crippen MR) is 50.2 cm³/mol. The molecule has 2 aromatic heterocycles. The smallest absolute Gasteiger partial charge is 0.0912 e. The van der Waals surface area contributed by atoms with Gasteiger partial charge in [0.1, 0.15) is 0 Å². The first kappa shape index (κ1) is 8.19. The Balaban J connectivity index is 2.60. The fourth-order valence-electron chi connectivity index (χ4n) is 1.41. The van der Waals surface area contributed by atoms with Crippen LogP contribution in [0.4, 0.5) is 0 Å². The molecule has 2 heterocycles. The normalized spacial score (nSPS) is 13.4. The van der Waals surface area contributed by atoms with Gasteiger partial charge in [-0.2, -0.15) is 0 Å². The average Bonchev–Trinajstić information content (AvgIpc) is 2.63. The lowest BCUT2D eigenvalue weighted by Gasteiger charge is -2.09. The summed E-state index contributed by atoms with van der Waals surface area (Å²) in [7, 11) is 0. The molecular weight excluding hydrogens is 164 g/mol. The number of fused-ring (bicyclic) bond motifs is 1. The molecular formula is C9H12N4. The third-order valence-electron chi connectivity index (χ3n) is 2.21. The van der Waals surface area contributed by atoms with Gasteiger partial charge in [0.25, 0.3) is 0 Å². The molecule has 2 rings (SSSR count). The molecule has 0 saturated heterocycles. The average molecular weight is 176 g/mol. The third kappa shape index (κ3) is 1.29. The molecule has 0 amide bonds. The number of pyridine rings is 1. The molecule has 0 aliphatic carbocycles. The van der Waals surface area contributed by atoms with Crippen molar-refractivity contribution in [1.29, 1.82) is 0 Å². The Labute approximate surface area is 76.4 Å². The van der Waals surface area contributed by atoms with Crippen LogP contribution >= 0.6 is 0 Å². The lowest BCUT2D eigenvalue weighted by Crippen LogP contribution is -2.09. The topological polar surface area (TPSA) is 56.2 Å². The van der Waals surface area contributed by atoms with E-state index in [0.29, 0.717) is 0 Å². The van der Waals surface area contributed by atoms with Gasteiger partial charge < -0.3 is 5.73 Å². The summed E-state index contributed by atoms with van der Waals surface area (Å²) in [5.74, 6) is 0. The molecule has 2 aromatic rings. The summed E-state index contributed by atoms with van der Waals surface area (Å²) in [6.07, 6.45) is 4.53. The minimum atomic E-state index is 0.0715. The molecule has 0 spiro atoms. The molecule has 0 radical (unpaired) electrons. The summed E-state index contributed by atoms with van der Waals surface area (Å²) in [6.45, 7) is 2.07. The summed E-state index contributed by atoms with van der Waals surface area (Å²) < 4.78 is 1.74. The van der Waals surface area contributed by atoms with E-state index >= 15 is 0 Å². The van der Waals surface area contributed by atoms with E-state index in [0.717, 1.165) is 17.5 Å². The van der Waals surface area contributed by atoms with E-state index in [1.165, 1.54) is 0 Å². The molecule has 0 aliphatic rings. The highest BCUT2D eigenvalue weighted by Crippen LogP contribution is 2.18. The lowest BCUT2D eigenvalue weighted by atomic mass is 10.1. The van der Waals surface area contributed by atoms with Gasteiger partial charge in [0, 0.05) is 12.2 Å². The molecule has 0 fully saturated rings. The van der Waals surface area contributed by atoms with Crippen molar-refractivity contribution in [1.82, 2.24) is 14.8 Å². The van der Waals surface area contributed by atoms with Gasteiger partial charge >= 0.3 is 0 Å². The molecule has 68 valence electrons. The van der Waals surface area contributed by atoms with E-state index in [1.807, 2.05) is 18.3 Å². The molecule has 13 heavy (non-hydrogen) atoms. The van der Waals surface area contributed by atoms with Crippen LogP contribution < -0.4 is 5.73 Å². The second-order valence-electron chi connectivity index (χ2n) is 3.04. The van der Waals surface area contributed by atoms with Crippen LogP contribution in [0.25, 0.3) is 5.52 Å². The highest BCUT2D eigenvalue weighted by Gasteiger charge is 2.08. The maximum absolute atomic E-state index is 5.95. The highest BCUT2D eigenvalue weighted by atomic mass is 15.4. The van der Waals surface area contributed by atoms with Crippen molar-refractivity contribution >= 4 is 5.52 Å². The number of aromatic nitrogens is 3. The van der Waals surface area contributed by atoms with Crippen molar-refractivity contribution in [2.45, 2.75) is 19.4 Å². The van der Waals surface area contributed by atoms with Gasteiger partial charge in [0.2, 0.25) is 0 Å². The fourth-order valence-corrected chi connectivity index (χ4v) is 1.41. The molecule has 4 heteroatoms. The van der Waals surface area contributed by atoms with Gasteiger partial charge in [-0.05, 0) is 18.1 Å². The predicted octanol–water partition coefficient (Wildman–Crippen LogP) is 1.14. The number of rotatable bonds is 2. The summed E-state index contributed by atoms with van der Waals surface area (Å²) in [4.78, 5) is 0. The van der Waals surface area contributed by atoms with Gasteiger partial charge in [-0.1, -0.05) is 18.2 Å². The van der Waals surface area contributed by atoms with Crippen molar-refractivity contribution in [2.24, 2.45) is 5.73 Å². The van der Waals surface area contributed by atoms with Crippen LogP contribution in [0.5, 0.6) is 0 Å². The minimum absolute atomic E-state index is 0.0715. The zero-order valence-corrected chi connectivity index (χ0v) is 7.51. The van der Waals surface area contributed by atoms with Crippen LogP contribution in [0.15, 0.2) is 24.5 Å². The van der Waals surface area contributed by atoms with E-state index in [-0.39, 0.29) is 6.04 Å². The Hall–Kier alpha value is -1.42. The first-order chi connectivity index (χ1) is 6.33. The Morgan fingerprint density at radius 1 is 1.62 bits per heavy atom. The van der Waals surface area contributed by atoms with Crippen LogP contribution in [0.3, 0.4) is 0 Å².